The maximum atomic E-state index is 11.6. The van der Waals surface area contributed by atoms with Crippen LogP contribution in [-0.2, 0) is 4.79 Å². The fourth-order valence-corrected chi connectivity index (χ4v) is 1.20. The molecule has 0 aliphatic heterocycles. The molecule has 0 aromatic rings. The number of nitrogens with one attached hydrogen (secondary N) is 1. The van der Waals surface area contributed by atoms with Gasteiger partial charge in [0.05, 0.1) is 6.54 Å². The van der Waals surface area contributed by atoms with Gasteiger partial charge in [0.15, 0.2) is 0 Å². The van der Waals surface area contributed by atoms with Crippen LogP contribution in [0.15, 0.2) is 0 Å². The first-order valence-electron chi connectivity index (χ1n) is 3.91. The van der Waals surface area contributed by atoms with E-state index < -0.39 is 13.0 Å². The van der Waals surface area contributed by atoms with Crippen molar-refractivity contribution in [1.29, 1.82) is 0 Å². The van der Waals surface area contributed by atoms with Gasteiger partial charge in [-0.2, -0.15) is 0 Å². The first kappa shape index (κ1) is 12.6. The number of amides is 1. The van der Waals surface area contributed by atoms with Gasteiger partial charge in [-0.15, -0.1) is 12.4 Å². The van der Waals surface area contributed by atoms with E-state index in [4.69, 9.17) is 5.73 Å². The molecule has 78 valence electrons. The van der Waals surface area contributed by atoms with E-state index in [0.717, 1.165) is 0 Å². The van der Waals surface area contributed by atoms with Crippen molar-refractivity contribution >= 4 is 18.3 Å². The summed E-state index contributed by atoms with van der Waals surface area (Å²) in [5.74, 6) is -0.434. The van der Waals surface area contributed by atoms with Crippen molar-refractivity contribution in [2.75, 3.05) is 6.54 Å². The molecule has 0 aromatic heterocycles. The Labute approximate surface area is 81.5 Å². The molecule has 0 unspecified atom stereocenters. The Bertz CT molecular complexity index is 174. The van der Waals surface area contributed by atoms with Crippen molar-refractivity contribution < 1.29 is 13.6 Å². The Morgan fingerprint density at radius 3 is 2.46 bits per heavy atom. The van der Waals surface area contributed by atoms with Gasteiger partial charge in [0.25, 0.3) is 6.43 Å². The third-order valence-corrected chi connectivity index (χ3v) is 1.98. The Hall–Kier alpha value is -0.420. The quantitative estimate of drug-likeness (QED) is 0.720. The number of rotatable bonds is 3. The molecule has 13 heavy (non-hydrogen) atoms. The monoisotopic (exact) mass is 214 g/mol. The van der Waals surface area contributed by atoms with Crippen molar-refractivity contribution in [3.05, 3.63) is 0 Å². The minimum absolute atomic E-state index is 0. The lowest BCUT2D eigenvalue weighted by Gasteiger charge is -2.30. The molecular formula is C7H13ClF2N2O. The summed E-state index contributed by atoms with van der Waals surface area (Å²) >= 11 is 0. The smallest absolute Gasteiger partial charge is 0.255 e. The molecule has 3 nitrogen and oxygen atoms in total. The second-order valence-corrected chi connectivity index (χ2v) is 3.06. The summed E-state index contributed by atoms with van der Waals surface area (Å²) in [5, 5.41) is 2.16. The second kappa shape index (κ2) is 5.34. The van der Waals surface area contributed by atoms with Gasteiger partial charge >= 0.3 is 0 Å². The summed E-state index contributed by atoms with van der Waals surface area (Å²) in [6.07, 6.45) is -1.23. The zero-order valence-corrected chi connectivity index (χ0v) is 7.82. The van der Waals surface area contributed by atoms with Gasteiger partial charge in [-0.1, -0.05) is 0 Å². The summed E-state index contributed by atoms with van der Waals surface area (Å²) in [4.78, 5) is 11.0. The lowest BCUT2D eigenvalue weighted by Crippen LogP contribution is -2.45. The predicted molar refractivity (Wildman–Crippen MR) is 47.0 cm³/mol. The molecule has 6 heteroatoms. The molecule has 1 fully saturated rings. The number of hydrogen-bond acceptors (Lipinski definition) is 2. The standard InChI is InChI=1S/C7H12F2N2O.ClH/c8-6(9)3-11-7(12)4-1-5(10)2-4;/h4-6H,1-3,10H2,(H,11,12);1H. The van der Waals surface area contributed by atoms with Crippen molar-refractivity contribution in [2.24, 2.45) is 11.7 Å². The highest BCUT2D eigenvalue weighted by molar-refractivity contribution is 5.85. The fraction of sp³-hybridized carbons (Fsp3) is 0.857. The van der Waals surface area contributed by atoms with Crippen LogP contribution in [-0.4, -0.2) is 24.9 Å². The van der Waals surface area contributed by atoms with E-state index in [9.17, 15) is 13.6 Å². The van der Waals surface area contributed by atoms with Gasteiger partial charge in [0, 0.05) is 12.0 Å². The van der Waals surface area contributed by atoms with E-state index in [-0.39, 0.29) is 30.3 Å². The normalized spacial score (nSPS) is 26.2. The first-order valence-corrected chi connectivity index (χ1v) is 3.91. The number of carbonyl (C=O) groups is 1. The molecular weight excluding hydrogens is 202 g/mol. The lowest BCUT2D eigenvalue weighted by atomic mass is 9.80. The molecule has 0 heterocycles. The molecule has 1 rings (SSSR count). The largest absolute Gasteiger partial charge is 0.350 e. The van der Waals surface area contributed by atoms with Crippen molar-refractivity contribution in [1.82, 2.24) is 5.32 Å². The van der Waals surface area contributed by atoms with Gasteiger partial charge < -0.3 is 11.1 Å². The summed E-state index contributed by atoms with van der Waals surface area (Å²) in [6, 6.07) is 0.0762. The van der Waals surface area contributed by atoms with Crippen molar-refractivity contribution in [3.8, 4) is 0 Å². The van der Waals surface area contributed by atoms with Gasteiger partial charge in [-0.3, -0.25) is 4.79 Å². The van der Waals surface area contributed by atoms with E-state index in [2.05, 4.69) is 5.32 Å². The Kier molecular flexibility index (Phi) is 5.17. The highest BCUT2D eigenvalue weighted by Gasteiger charge is 2.31. The third-order valence-electron chi connectivity index (χ3n) is 1.98. The highest BCUT2D eigenvalue weighted by Crippen LogP contribution is 2.25. The van der Waals surface area contributed by atoms with E-state index in [0.29, 0.717) is 12.8 Å². The fourth-order valence-electron chi connectivity index (χ4n) is 1.20. The minimum atomic E-state index is -2.47. The number of nitrogens with two attached hydrogens (primary N) is 1. The molecule has 0 spiro atoms. The summed E-state index contributed by atoms with van der Waals surface area (Å²) < 4.78 is 23.2. The highest BCUT2D eigenvalue weighted by atomic mass is 35.5. The zero-order valence-electron chi connectivity index (χ0n) is 7.00. The summed E-state index contributed by atoms with van der Waals surface area (Å²) in [5.41, 5.74) is 5.43. The minimum Gasteiger partial charge on any atom is -0.350 e. The number of halogens is 3. The number of carbonyl (C=O) groups excluding carboxylic acids is 1. The van der Waals surface area contributed by atoms with E-state index in [1.165, 1.54) is 0 Å². The molecule has 0 bridgehead atoms. The van der Waals surface area contributed by atoms with E-state index in [1.807, 2.05) is 0 Å². The van der Waals surface area contributed by atoms with Crippen molar-refractivity contribution in [2.45, 2.75) is 25.3 Å². The molecule has 0 saturated heterocycles. The van der Waals surface area contributed by atoms with Crippen LogP contribution in [0.1, 0.15) is 12.8 Å². The average Bonchev–Trinajstić information content (AvgIpc) is 1.94. The van der Waals surface area contributed by atoms with Crippen LogP contribution in [0.5, 0.6) is 0 Å². The van der Waals surface area contributed by atoms with Gasteiger partial charge in [0.1, 0.15) is 0 Å². The molecule has 0 radical (unpaired) electrons. The van der Waals surface area contributed by atoms with Gasteiger partial charge in [-0.05, 0) is 12.8 Å². The van der Waals surface area contributed by atoms with Crippen LogP contribution >= 0.6 is 12.4 Å². The van der Waals surface area contributed by atoms with Crippen LogP contribution in [0.2, 0.25) is 0 Å². The molecule has 1 amide bonds. The topological polar surface area (TPSA) is 55.1 Å². The third kappa shape index (κ3) is 3.87. The predicted octanol–water partition coefficient (Wildman–Crippen LogP) is 0.527. The van der Waals surface area contributed by atoms with Crippen molar-refractivity contribution in [3.63, 3.8) is 0 Å². The van der Waals surface area contributed by atoms with Gasteiger partial charge in [0.2, 0.25) is 5.91 Å². The number of hydrogen-bond donors (Lipinski definition) is 2. The average molecular weight is 215 g/mol. The summed E-state index contributed by atoms with van der Waals surface area (Å²) in [6.45, 7) is -0.551. The second-order valence-electron chi connectivity index (χ2n) is 3.06. The van der Waals surface area contributed by atoms with E-state index >= 15 is 0 Å². The molecule has 1 saturated carbocycles. The van der Waals surface area contributed by atoms with E-state index in [1.54, 1.807) is 0 Å². The Morgan fingerprint density at radius 1 is 1.54 bits per heavy atom. The van der Waals surface area contributed by atoms with Crippen LogP contribution in [0.4, 0.5) is 8.78 Å². The van der Waals surface area contributed by atoms with Gasteiger partial charge in [-0.25, -0.2) is 8.78 Å². The lowest BCUT2D eigenvalue weighted by molar-refractivity contribution is -0.128. The zero-order chi connectivity index (χ0) is 9.14. The molecule has 0 atom stereocenters. The maximum absolute atomic E-state index is 11.6. The summed E-state index contributed by atoms with van der Waals surface area (Å²) in [7, 11) is 0. The van der Waals surface area contributed by atoms with Crippen LogP contribution in [0, 0.1) is 5.92 Å². The maximum Gasteiger partial charge on any atom is 0.255 e. The van der Waals surface area contributed by atoms with Crippen LogP contribution < -0.4 is 11.1 Å². The molecule has 1 aliphatic carbocycles. The van der Waals surface area contributed by atoms with Crippen LogP contribution in [0.25, 0.3) is 0 Å². The SMILES string of the molecule is Cl.NC1CC(C(=O)NCC(F)F)C1. The Morgan fingerprint density at radius 2 is 2.08 bits per heavy atom. The number of alkyl halides is 2. The molecule has 0 aromatic carbocycles. The molecule has 3 N–H and O–H groups in total. The first-order chi connectivity index (χ1) is 5.59. The van der Waals surface area contributed by atoms with Crippen LogP contribution in [0.3, 0.4) is 0 Å². The Balaban J connectivity index is 0.00000144. The molecule has 1 aliphatic rings.